The fourth-order valence-corrected chi connectivity index (χ4v) is 2.97. The molecule has 0 radical (unpaired) electrons. The van der Waals surface area contributed by atoms with Crippen LogP contribution in [0.1, 0.15) is 26.3 Å². The fraction of sp³-hybridized carbons (Fsp3) is 0.0625. The molecule has 0 aromatic heterocycles. The second-order valence-electron chi connectivity index (χ2n) is 4.29. The maximum atomic E-state index is 12.3. The number of allylic oxidation sites excluding steroid dienone is 1. The zero-order chi connectivity index (χ0) is 12.5. The van der Waals surface area contributed by atoms with Gasteiger partial charge in [0.1, 0.15) is 0 Å². The second kappa shape index (κ2) is 4.54. The summed E-state index contributed by atoms with van der Waals surface area (Å²) >= 11 is 3.61. The summed E-state index contributed by atoms with van der Waals surface area (Å²) in [5, 5.41) is 0. The third-order valence-corrected chi connectivity index (χ3v) is 4.12. The Balaban J connectivity index is 2.07. The highest BCUT2D eigenvalue weighted by molar-refractivity contribution is 9.09. The molecule has 1 aliphatic rings. The van der Waals surface area contributed by atoms with Crippen molar-refractivity contribution in [2.45, 2.75) is 4.83 Å². The van der Waals surface area contributed by atoms with Crippen LogP contribution < -0.4 is 0 Å². The van der Waals surface area contributed by atoms with Crippen molar-refractivity contribution in [2.24, 2.45) is 0 Å². The van der Waals surface area contributed by atoms with Crippen LogP contribution in [0.4, 0.5) is 0 Å². The molecule has 88 valence electrons. The largest absolute Gasteiger partial charge is 0.289 e. The smallest absolute Gasteiger partial charge is 0.190 e. The van der Waals surface area contributed by atoms with E-state index in [1.807, 2.05) is 60.7 Å². The average molecular weight is 299 g/mol. The molecule has 0 saturated carbocycles. The van der Waals surface area contributed by atoms with Gasteiger partial charge in [-0.25, -0.2) is 0 Å². The molecule has 2 aromatic carbocycles. The first-order chi connectivity index (χ1) is 8.77. The number of carbonyl (C=O) groups excluding carboxylic acids is 1. The van der Waals surface area contributed by atoms with Crippen molar-refractivity contribution in [3.8, 4) is 0 Å². The lowest BCUT2D eigenvalue weighted by molar-refractivity contribution is 0.104. The number of rotatable bonds is 1. The zero-order valence-electron chi connectivity index (χ0n) is 9.64. The topological polar surface area (TPSA) is 17.1 Å². The molecule has 3 rings (SSSR count). The normalized spacial score (nSPS) is 20.2. The van der Waals surface area contributed by atoms with Gasteiger partial charge in [-0.2, -0.15) is 0 Å². The number of ketones is 1. The van der Waals surface area contributed by atoms with Gasteiger partial charge in [0.25, 0.3) is 0 Å². The van der Waals surface area contributed by atoms with E-state index in [1.54, 1.807) is 0 Å². The number of hydrogen-bond donors (Lipinski definition) is 0. The highest BCUT2D eigenvalue weighted by Gasteiger charge is 2.32. The van der Waals surface area contributed by atoms with Crippen molar-refractivity contribution in [1.29, 1.82) is 0 Å². The molecule has 2 aromatic rings. The van der Waals surface area contributed by atoms with Crippen LogP contribution in [0, 0.1) is 0 Å². The Morgan fingerprint density at radius 3 is 2.33 bits per heavy atom. The standard InChI is InChI=1S/C16H11BrO/c17-15-12-8-4-5-9-13(12)16(18)14(15)10-11-6-2-1-3-7-11/h1-10,15H/b14-10-. The van der Waals surface area contributed by atoms with Crippen LogP contribution in [0.2, 0.25) is 0 Å². The number of alkyl halides is 1. The van der Waals surface area contributed by atoms with Gasteiger partial charge in [-0.3, -0.25) is 4.79 Å². The van der Waals surface area contributed by atoms with Crippen molar-refractivity contribution in [3.05, 3.63) is 76.9 Å². The Morgan fingerprint density at radius 2 is 1.61 bits per heavy atom. The molecule has 0 aliphatic heterocycles. The fourth-order valence-electron chi connectivity index (χ4n) is 2.23. The molecule has 0 bridgehead atoms. The van der Waals surface area contributed by atoms with E-state index in [1.165, 1.54) is 0 Å². The number of benzene rings is 2. The molecule has 1 aliphatic carbocycles. The summed E-state index contributed by atoms with van der Waals surface area (Å²) in [6, 6.07) is 17.7. The van der Waals surface area contributed by atoms with Gasteiger partial charge >= 0.3 is 0 Å². The highest BCUT2D eigenvalue weighted by Crippen LogP contribution is 2.42. The van der Waals surface area contributed by atoms with Crippen LogP contribution in [-0.4, -0.2) is 5.78 Å². The highest BCUT2D eigenvalue weighted by atomic mass is 79.9. The summed E-state index contributed by atoms with van der Waals surface area (Å²) in [4.78, 5) is 12.3. The van der Waals surface area contributed by atoms with Crippen molar-refractivity contribution in [3.63, 3.8) is 0 Å². The van der Waals surface area contributed by atoms with Gasteiger partial charge in [0.2, 0.25) is 0 Å². The second-order valence-corrected chi connectivity index (χ2v) is 5.20. The van der Waals surface area contributed by atoms with E-state index in [0.29, 0.717) is 0 Å². The zero-order valence-corrected chi connectivity index (χ0v) is 11.2. The van der Waals surface area contributed by atoms with E-state index in [-0.39, 0.29) is 10.6 Å². The number of hydrogen-bond acceptors (Lipinski definition) is 1. The predicted molar refractivity (Wildman–Crippen MR) is 76.9 cm³/mol. The van der Waals surface area contributed by atoms with Crippen LogP contribution in [0.3, 0.4) is 0 Å². The van der Waals surface area contributed by atoms with Crippen molar-refractivity contribution in [1.82, 2.24) is 0 Å². The molecule has 0 spiro atoms. The maximum Gasteiger partial charge on any atom is 0.190 e. The molecule has 0 heterocycles. The average Bonchev–Trinajstić information content (AvgIpc) is 2.66. The molecule has 1 atom stereocenters. The van der Waals surface area contributed by atoms with Gasteiger partial charge in [0.05, 0.1) is 4.83 Å². The number of halogens is 1. The Bertz CT molecular complexity index is 629. The van der Waals surface area contributed by atoms with E-state index in [2.05, 4.69) is 15.9 Å². The molecule has 1 nitrogen and oxygen atoms in total. The van der Waals surface area contributed by atoms with Crippen LogP contribution in [0.25, 0.3) is 6.08 Å². The molecular formula is C16H11BrO. The minimum absolute atomic E-state index is 0.00130. The van der Waals surface area contributed by atoms with E-state index in [4.69, 9.17) is 0 Å². The first-order valence-electron chi connectivity index (χ1n) is 5.82. The van der Waals surface area contributed by atoms with Gasteiger partial charge in [0, 0.05) is 11.1 Å². The number of carbonyl (C=O) groups is 1. The lowest BCUT2D eigenvalue weighted by Gasteiger charge is -2.03. The molecule has 0 amide bonds. The minimum atomic E-state index is 0.00130. The third-order valence-electron chi connectivity index (χ3n) is 3.14. The molecule has 0 saturated heterocycles. The van der Waals surface area contributed by atoms with Crippen LogP contribution >= 0.6 is 15.9 Å². The Labute approximate surface area is 114 Å². The molecule has 1 unspecified atom stereocenters. The van der Waals surface area contributed by atoms with Gasteiger partial charge in [-0.1, -0.05) is 70.5 Å². The van der Waals surface area contributed by atoms with Crippen molar-refractivity contribution in [2.75, 3.05) is 0 Å². The van der Waals surface area contributed by atoms with Crippen LogP contribution in [-0.2, 0) is 0 Å². The summed E-state index contributed by atoms with van der Waals surface area (Å²) in [7, 11) is 0. The molecule has 18 heavy (non-hydrogen) atoms. The Kier molecular flexibility index (Phi) is 2.88. The van der Waals surface area contributed by atoms with Crippen LogP contribution in [0.5, 0.6) is 0 Å². The Hall–Kier alpha value is -1.67. The van der Waals surface area contributed by atoms with Crippen LogP contribution in [0.15, 0.2) is 60.2 Å². The molecular weight excluding hydrogens is 288 g/mol. The predicted octanol–water partition coefficient (Wildman–Crippen LogP) is 4.40. The maximum absolute atomic E-state index is 12.3. The van der Waals surface area contributed by atoms with Crippen molar-refractivity contribution < 1.29 is 4.79 Å². The minimum Gasteiger partial charge on any atom is -0.289 e. The number of fused-ring (bicyclic) bond motifs is 1. The summed E-state index contributed by atoms with van der Waals surface area (Å²) in [5.74, 6) is 0.122. The monoisotopic (exact) mass is 298 g/mol. The van der Waals surface area contributed by atoms with Gasteiger partial charge in [-0.15, -0.1) is 0 Å². The first-order valence-corrected chi connectivity index (χ1v) is 6.73. The van der Waals surface area contributed by atoms with Gasteiger partial charge in [-0.05, 0) is 17.2 Å². The van der Waals surface area contributed by atoms with E-state index < -0.39 is 0 Å². The summed E-state index contributed by atoms with van der Waals surface area (Å²) in [5.41, 5.74) is 3.73. The third kappa shape index (κ3) is 1.83. The lowest BCUT2D eigenvalue weighted by Crippen LogP contribution is -1.95. The quantitative estimate of drug-likeness (QED) is 0.563. The molecule has 0 fully saturated rings. The van der Waals surface area contributed by atoms with Gasteiger partial charge in [0.15, 0.2) is 5.78 Å². The lowest BCUT2D eigenvalue weighted by atomic mass is 10.1. The first kappa shape index (κ1) is 11.4. The summed E-state index contributed by atoms with van der Waals surface area (Å²) in [6.07, 6.45) is 1.96. The molecule has 0 N–H and O–H groups in total. The van der Waals surface area contributed by atoms with Gasteiger partial charge < -0.3 is 0 Å². The van der Waals surface area contributed by atoms with E-state index in [0.717, 1.165) is 22.3 Å². The number of Topliss-reactive ketones (excluding diaryl/α,β-unsaturated/α-hetero) is 1. The molecule has 2 heteroatoms. The Morgan fingerprint density at radius 1 is 0.944 bits per heavy atom. The van der Waals surface area contributed by atoms with Crippen molar-refractivity contribution >= 4 is 27.8 Å². The van der Waals surface area contributed by atoms with E-state index in [9.17, 15) is 4.79 Å². The SMILES string of the molecule is O=C1/C(=C\c2ccccc2)C(Br)c2ccccc21. The summed E-state index contributed by atoms with van der Waals surface area (Å²) in [6.45, 7) is 0. The summed E-state index contributed by atoms with van der Waals surface area (Å²) < 4.78 is 0. The van der Waals surface area contributed by atoms with E-state index >= 15 is 0 Å².